The number of hydrogen-bond donors (Lipinski definition) is 1. The molecule has 2 rings (SSSR count). The topological polar surface area (TPSA) is 50.9 Å². The van der Waals surface area contributed by atoms with E-state index in [-0.39, 0.29) is 24.0 Å². The van der Waals surface area contributed by atoms with E-state index in [4.69, 9.17) is 10.5 Å². The summed E-state index contributed by atoms with van der Waals surface area (Å²) in [5, 5.41) is 0. The third kappa shape index (κ3) is 5.66. The van der Waals surface area contributed by atoms with Gasteiger partial charge in [0.1, 0.15) is 5.75 Å². The second-order valence-corrected chi connectivity index (χ2v) is 5.75. The molecule has 0 radical (unpaired) electrons. The number of likely N-dealkylation sites (tertiary alicyclic amines) is 1. The molecule has 0 saturated carbocycles. The van der Waals surface area contributed by atoms with Crippen molar-refractivity contribution in [1.82, 2.24) is 4.90 Å². The van der Waals surface area contributed by atoms with E-state index in [1.807, 2.05) is 12.1 Å². The van der Waals surface area contributed by atoms with Crippen LogP contribution in [0.25, 0.3) is 0 Å². The van der Waals surface area contributed by atoms with Crippen LogP contribution in [-0.4, -0.2) is 37.6 Å². The zero-order valence-electron chi connectivity index (χ0n) is 13.6. The maximum absolute atomic E-state index is 6.07. The van der Waals surface area contributed by atoms with Crippen LogP contribution in [0, 0.1) is 0 Å². The molecule has 2 N–H and O–H groups in total. The van der Waals surface area contributed by atoms with Gasteiger partial charge in [-0.05, 0) is 49.3 Å². The van der Waals surface area contributed by atoms with Crippen LogP contribution in [0.2, 0.25) is 0 Å². The summed E-state index contributed by atoms with van der Waals surface area (Å²) in [5.41, 5.74) is 7.39. The monoisotopic (exact) mass is 417 g/mol. The van der Waals surface area contributed by atoms with Gasteiger partial charge in [-0.2, -0.15) is 0 Å². The molecule has 1 unspecified atom stereocenters. The van der Waals surface area contributed by atoms with Crippen molar-refractivity contribution in [3.05, 3.63) is 29.8 Å². The van der Waals surface area contributed by atoms with E-state index in [2.05, 4.69) is 28.9 Å². The minimum atomic E-state index is 0. The molecule has 5 heteroatoms. The normalized spacial score (nSPS) is 16.8. The van der Waals surface area contributed by atoms with E-state index in [1.54, 1.807) is 7.11 Å². The summed E-state index contributed by atoms with van der Waals surface area (Å²) in [7, 11) is 1.69. The third-order valence-corrected chi connectivity index (χ3v) is 4.20. The number of hydrogen-bond acceptors (Lipinski definition) is 2. The van der Waals surface area contributed by atoms with Crippen molar-refractivity contribution in [1.29, 1.82) is 0 Å². The Morgan fingerprint density at radius 1 is 1.23 bits per heavy atom. The Morgan fingerprint density at radius 3 is 2.45 bits per heavy atom. The molecule has 22 heavy (non-hydrogen) atoms. The molecular weight excluding hydrogens is 389 g/mol. The molecular formula is C17H28IN3O. The Kier molecular flexibility index (Phi) is 8.60. The number of ether oxygens (including phenoxy) is 1. The first-order valence-corrected chi connectivity index (χ1v) is 7.89. The van der Waals surface area contributed by atoms with Crippen LogP contribution < -0.4 is 10.5 Å². The largest absolute Gasteiger partial charge is 0.497 e. The molecule has 1 heterocycles. The summed E-state index contributed by atoms with van der Waals surface area (Å²) in [6, 6.07) is 8.27. The van der Waals surface area contributed by atoms with Crippen LogP contribution in [0.3, 0.4) is 0 Å². The smallest absolute Gasteiger partial charge is 0.191 e. The molecule has 1 aromatic carbocycles. The number of guanidine groups is 1. The Bertz CT molecular complexity index is 455. The van der Waals surface area contributed by atoms with Crippen molar-refractivity contribution < 1.29 is 4.74 Å². The van der Waals surface area contributed by atoms with Crippen LogP contribution in [0.4, 0.5) is 0 Å². The number of aliphatic imine (C=N–C) groups is 1. The van der Waals surface area contributed by atoms with Crippen molar-refractivity contribution in [2.45, 2.75) is 38.5 Å². The predicted molar refractivity (Wildman–Crippen MR) is 103 cm³/mol. The lowest BCUT2D eigenvalue weighted by Crippen LogP contribution is -2.40. The highest BCUT2D eigenvalue weighted by Crippen LogP contribution is 2.21. The minimum absolute atomic E-state index is 0. The number of piperidine rings is 1. The van der Waals surface area contributed by atoms with Crippen LogP contribution >= 0.6 is 24.0 Å². The predicted octanol–water partition coefficient (Wildman–Crippen LogP) is 3.61. The van der Waals surface area contributed by atoms with E-state index in [0.29, 0.717) is 5.92 Å². The lowest BCUT2D eigenvalue weighted by atomic mass is 9.98. The van der Waals surface area contributed by atoms with Crippen molar-refractivity contribution in [2.24, 2.45) is 10.7 Å². The Hall–Kier alpha value is -0.980. The molecule has 0 aliphatic carbocycles. The van der Waals surface area contributed by atoms with Gasteiger partial charge in [-0.15, -0.1) is 24.0 Å². The summed E-state index contributed by atoms with van der Waals surface area (Å²) in [6.45, 7) is 5.14. The SMILES string of the molecule is COc1ccc(C(C)CCN=C(N)N2CCCCC2)cc1.I. The van der Waals surface area contributed by atoms with Gasteiger partial charge in [-0.1, -0.05) is 19.1 Å². The van der Waals surface area contributed by atoms with Crippen LogP contribution in [0.15, 0.2) is 29.3 Å². The molecule has 124 valence electrons. The lowest BCUT2D eigenvalue weighted by molar-refractivity contribution is 0.338. The standard InChI is InChI=1S/C17H27N3O.HI/c1-14(15-6-8-16(21-2)9-7-15)10-11-19-17(18)20-12-4-3-5-13-20;/h6-9,14H,3-5,10-13H2,1-2H3,(H2,18,19);1H. The van der Waals surface area contributed by atoms with Gasteiger partial charge in [0.15, 0.2) is 5.96 Å². The van der Waals surface area contributed by atoms with Gasteiger partial charge in [0.25, 0.3) is 0 Å². The number of nitrogens with zero attached hydrogens (tertiary/aromatic N) is 2. The van der Waals surface area contributed by atoms with E-state index in [1.165, 1.54) is 24.8 Å². The molecule has 1 aliphatic heterocycles. The number of rotatable bonds is 5. The van der Waals surface area contributed by atoms with Crippen molar-refractivity contribution >= 4 is 29.9 Å². The molecule has 4 nitrogen and oxygen atoms in total. The summed E-state index contributed by atoms with van der Waals surface area (Å²) >= 11 is 0. The fourth-order valence-corrected chi connectivity index (χ4v) is 2.69. The average molecular weight is 417 g/mol. The fraction of sp³-hybridized carbons (Fsp3) is 0.588. The van der Waals surface area contributed by atoms with Gasteiger partial charge in [0.05, 0.1) is 7.11 Å². The number of benzene rings is 1. The number of nitrogens with two attached hydrogens (primary N) is 1. The highest BCUT2D eigenvalue weighted by Gasteiger charge is 2.12. The second-order valence-electron chi connectivity index (χ2n) is 5.75. The van der Waals surface area contributed by atoms with Gasteiger partial charge in [-0.3, -0.25) is 4.99 Å². The van der Waals surface area contributed by atoms with Gasteiger partial charge in [0, 0.05) is 19.6 Å². The van der Waals surface area contributed by atoms with E-state index < -0.39 is 0 Å². The minimum Gasteiger partial charge on any atom is -0.497 e. The lowest BCUT2D eigenvalue weighted by Gasteiger charge is -2.27. The zero-order chi connectivity index (χ0) is 15.1. The molecule has 1 aliphatic rings. The third-order valence-electron chi connectivity index (χ3n) is 4.20. The molecule has 0 spiro atoms. The highest BCUT2D eigenvalue weighted by atomic mass is 127. The first-order valence-electron chi connectivity index (χ1n) is 7.89. The van der Waals surface area contributed by atoms with Crippen LogP contribution in [0.5, 0.6) is 5.75 Å². The quantitative estimate of drug-likeness (QED) is 0.453. The van der Waals surface area contributed by atoms with Crippen LogP contribution in [-0.2, 0) is 0 Å². The first kappa shape index (κ1) is 19.1. The molecule has 1 saturated heterocycles. The molecule has 0 amide bonds. The summed E-state index contributed by atoms with van der Waals surface area (Å²) in [5.74, 6) is 2.10. The number of methoxy groups -OCH3 is 1. The van der Waals surface area contributed by atoms with Crippen molar-refractivity contribution in [3.63, 3.8) is 0 Å². The summed E-state index contributed by atoms with van der Waals surface area (Å²) in [6.07, 6.45) is 4.80. The molecule has 1 atom stereocenters. The van der Waals surface area contributed by atoms with Gasteiger partial charge >= 0.3 is 0 Å². The maximum Gasteiger partial charge on any atom is 0.191 e. The Labute approximate surface area is 151 Å². The average Bonchev–Trinajstić information content (AvgIpc) is 2.55. The van der Waals surface area contributed by atoms with Crippen LogP contribution in [0.1, 0.15) is 44.1 Å². The molecule has 0 bridgehead atoms. The van der Waals surface area contributed by atoms with E-state index in [9.17, 15) is 0 Å². The van der Waals surface area contributed by atoms with E-state index in [0.717, 1.165) is 37.8 Å². The first-order chi connectivity index (χ1) is 10.2. The highest BCUT2D eigenvalue weighted by molar-refractivity contribution is 14.0. The Balaban J connectivity index is 0.00000242. The summed E-state index contributed by atoms with van der Waals surface area (Å²) < 4.78 is 5.18. The second kappa shape index (κ2) is 9.92. The zero-order valence-corrected chi connectivity index (χ0v) is 16.0. The summed E-state index contributed by atoms with van der Waals surface area (Å²) in [4.78, 5) is 6.75. The van der Waals surface area contributed by atoms with E-state index >= 15 is 0 Å². The van der Waals surface area contributed by atoms with Gasteiger partial charge in [0.2, 0.25) is 0 Å². The van der Waals surface area contributed by atoms with Crippen molar-refractivity contribution in [3.8, 4) is 5.75 Å². The van der Waals surface area contributed by atoms with Gasteiger partial charge in [-0.25, -0.2) is 0 Å². The molecule has 0 aromatic heterocycles. The Morgan fingerprint density at radius 2 is 1.86 bits per heavy atom. The molecule has 1 fully saturated rings. The van der Waals surface area contributed by atoms with Crippen molar-refractivity contribution in [2.75, 3.05) is 26.7 Å². The maximum atomic E-state index is 6.07. The van der Waals surface area contributed by atoms with Gasteiger partial charge < -0.3 is 15.4 Å². The fourth-order valence-electron chi connectivity index (χ4n) is 2.69. The number of halogens is 1. The molecule has 1 aromatic rings.